The highest BCUT2D eigenvalue weighted by Gasteiger charge is 2.39. The summed E-state index contributed by atoms with van der Waals surface area (Å²) in [7, 11) is -0.569. The molecule has 0 saturated heterocycles. The summed E-state index contributed by atoms with van der Waals surface area (Å²) in [6.07, 6.45) is 3.29. The van der Waals surface area contributed by atoms with Crippen LogP contribution in [-0.2, 0) is 6.42 Å². The topological polar surface area (TPSA) is 78.4 Å². The summed E-state index contributed by atoms with van der Waals surface area (Å²) in [4.78, 5) is 25.3. The van der Waals surface area contributed by atoms with Crippen molar-refractivity contribution >= 4 is 29.9 Å². The molecule has 38 heavy (non-hydrogen) atoms. The molecule has 1 fully saturated rings. The van der Waals surface area contributed by atoms with Crippen LogP contribution in [0, 0.1) is 5.92 Å². The molecule has 3 N–H and O–H groups in total. The summed E-state index contributed by atoms with van der Waals surface area (Å²) in [5.74, 6) is 0.372. The van der Waals surface area contributed by atoms with Gasteiger partial charge in [0.1, 0.15) is 11.4 Å². The standard InChI is InChI=1S/C32H33N2O3P/c1-20(24-17-10-18-27(24)38(22-12-4-2-5-13-22)23-14-6-3-7-15-23)33-29-30(32(37)31(29)36)34-28-25-16-9-8-11-21(25)19-26(28)35/h2-9,11-16,20,24,26-28,33-35H,10,17-19H2,1H3/t20-,24?,26+,27?,28+/m1/s1. The van der Waals surface area contributed by atoms with Crippen LogP contribution in [0.1, 0.15) is 43.4 Å². The minimum Gasteiger partial charge on any atom is -0.390 e. The van der Waals surface area contributed by atoms with Crippen molar-refractivity contribution in [1.29, 1.82) is 0 Å². The number of nitrogens with one attached hydrogen (secondary N) is 2. The van der Waals surface area contributed by atoms with Crippen molar-refractivity contribution in [1.82, 2.24) is 0 Å². The van der Waals surface area contributed by atoms with E-state index in [2.05, 4.69) is 78.2 Å². The fourth-order valence-corrected chi connectivity index (χ4v) is 9.77. The van der Waals surface area contributed by atoms with Crippen molar-refractivity contribution in [3.8, 4) is 0 Å². The summed E-state index contributed by atoms with van der Waals surface area (Å²) in [6.45, 7) is 2.15. The number of aliphatic hydroxyl groups excluding tert-OH is 1. The molecule has 5 atom stereocenters. The first kappa shape index (κ1) is 25.0. The fraction of sp³-hybridized carbons (Fsp3) is 0.312. The van der Waals surface area contributed by atoms with Crippen LogP contribution in [0.2, 0.25) is 0 Å². The van der Waals surface area contributed by atoms with Crippen molar-refractivity contribution in [2.45, 2.75) is 56.5 Å². The quantitative estimate of drug-likeness (QED) is 0.235. The molecule has 4 aromatic carbocycles. The van der Waals surface area contributed by atoms with E-state index >= 15 is 0 Å². The molecule has 0 amide bonds. The second-order valence-electron chi connectivity index (χ2n) is 10.6. The molecule has 0 aromatic heterocycles. The Kier molecular flexibility index (Phi) is 6.90. The average molecular weight is 525 g/mol. The smallest absolute Gasteiger partial charge is 0.253 e. The highest BCUT2D eigenvalue weighted by molar-refractivity contribution is 7.73. The number of aliphatic hydroxyl groups is 1. The van der Waals surface area contributed by atoms with E-state index in [9.17, 15) is 14.7 Å². The third kappa shape index (κ3) is 4.48. The molecule has 0 aliphatic heterocycles. The molecule has 2 unspecified atom stereocenters. The first-order valence-electron chi connectivity index (χ1n) is 13.5. The number of benzene rings is 3. The summed E-state index contributed by atoms with van der Waals surface area (Å²) in [5, 5.41) is 20.1. The van der Waals surface area contributed by atoms with Gasteiger partial charge >= 0.3 is 0 Å². The zero-order valence-electron chi connectivity index (χ0n) is 21.5. The van der Waals surface area contributed by atoms with E-state index in [1.807, 2.05) is 24.3 Å². The first-order valence-corrected chi connectivity index (χ1v) is 15.0. The fourth-order valence-electron chi connectivity index (χ4n) is 6.49. The van der Waals surface area contributed by atoms with E-state index in [0.29, 0.717) is 29.4 Å². The minimum absolute atomic E-state index is 0.0320. The van der Waals surface area contributed by atoms with Gasteiger partial charge in [0.2, 0.25) is 0 Å². The molecule has 2 aliphatic rings. The second-order valence-corrected chi connectivity index (χ2v) is 13.1. The van der Waals surface area contributed by atoms with Crippen LogP contribution < -0.4 is 32.1 Å². The first-order chi connectivity index (χ1) is 18.5. The molecule has 2 aliphatic carbocycles. The maximum Gasteiger partial charge on any atom is 0.253 e. The van der Waals surface area contributed by atoms with Gasteiger partial charge in [0.05, 0.1) is 12.1 Å². The largest absolute Gasteiger partial charge is 0.390 e. The van der Waals surface area contributed by atoms with E-state index in [-0.39, 0.29) is 6.04 Å². The lowest BCUT2D eigenvalue weighted by Crippen LogP contribution is -2.43. The Morgan fingerprint density at radius 2 is 1.42 bits per heavy atom. The molecule has 1 saturated carbocycles. The van der Waals surface area contributed by atoms with E-state index in [1.54, 1.807) is 0 Å². The van der Waals surface area contributed by atoms with Crippen LogP contribution in [0.25, 0.3) is 0 Å². The van der Waals surface area contributed by atoms with Crippen molar-refractivity contribution in [2.24, 2.45) is 5.92 Å². The van der Waals surface area contributed by atoms with E-state index in [1.165, 1.54) is 10.6 Å². The van der Waals surface area contributed by atoms with Crippen molar-refractivity contribution in [2.75, 3.05) is 10.6 Å². The molecule has 194 valence electrons. The van der Waals surface area contributed by atoms with Crippen molar-refractivity contribution in [3.05, 3.63) is 117 Å². The lowest BCUT2D eigenvalue weighted by molar-refractivity contribution is 0.166. The van der Waals surface area contributed by atoms with Crippen molar-refractivity contribution < 1.29 is 5.11 Å². The Bertz CT molecular complexity index is 1440. The van der Waals surface area contributed by atoms with E-state index < -0.39 is 30.9 Å². The number of rotatable bonds is 8. The van der Waals surface area contributed by atoms with Gasteiger partial charge in [-0.2, -0.15) is 0 Å². The maximum absolute atomic E-state index is 12.7. The van der Waals surface area contributed by atoms with Gasteiger partial charge in [-0.05, 0) is 61.0 Å². The normalized spacial score (nSPS) is 23.4. The Morgan fingerprint density at radius 3 is 2.11 bits per heavy atom. The lowest BCUT2D eigenvalue weighted by Gasteiger charge is -2.34. The average Bonchev–Trinajstić information content (AvgIpc) is 3.56. The molecule has 4 aromatic rings. The molecular weight excluding hydrogens is 491 g/mol. The summed E-state index contributed by atoms with van der Waals surface area (Å²) >= 11 is 0. The van der Waals surface area contributed by atoms with Gasteiger partial charge in [0, 0.05) is 12.5 Å². The maximum atomic E-state index is 12.7. The van der Waals surface area contributed by atoms with Crippen LogP contribution in [-0.4, -0.2) is 22.9 Å². The minimum atomic E-state index is -0.637. The molecule has 6 rings (SSSR count). The molecule has 0 heterocycles. The van der Waals surface area contributed by atoms with Crippen LogP contribution in [0.4, 0.5) is 11.4 Å². The lowest BCUT2D eigenvalue weighted by atomic mass is 9.98. The number of anilines is 2. The van der Waals surface area contributed by atoms with Crippen molar-refractivity contribution in [3.63, 3.8) is 0 Å². The van der Waals surface area contributed by atoms with Crippen LogP contribution in [0.15, 0.2) is 94.5 Å². The third-order valence-electron chi connectivity index (χ3n) is 8.36. The van der Waals surface area contributed by atoms with Gasteiger partial charge in [-0.25, -0.2) is 0 Å². The Hall–Kier alpha value is -3.27. The second kappa shape index (κ2) is 10.5. The van der Waals surface area contributed by atoms with Gasteiger partial charge in [-0.1, -0.05) is 91.3 Å². The number of fused-ring (bicyclic) bond motifs is 1. The van der Waals surface area contributed by atoms with Gasteiger partial charge in [-0.3, -0.25) is 9.59 Å². The van der Waals surface area contributed by atoms with Gasteiger partial charge in [-0.15, -0.1) is 0 Å². The Labute approximate surface area is 224 Å². The molecule has 0 spiro atoms. The zero-order chi connectivity index (χ0) is 26.2. The highest BCUT2D eigenvalue weighted by Crippen LogP contribution is 2.51. The van der Waals surface area contributed by atoms with Crippen LogP contribution in [0.5, 0.6) is 0 Å². The molecule has 0 radical (unpaired) electrons. The third-order valence-corrected chi connectivity index (χ3v) is 11.4. The zero-order valence-corrected chi connectivity index (χ0v) is 22.4. The Morgan fingerprint density at radius 1 is 0.816 bits per heavy atom. The molecular formula is C32H33N2O3P. The van der Waals surface area contributed by atoms with Gasteiger partial charge in [0.25, 0.3) is 10.9 Å². The number of hydrogen-bond acceptors (Lipinski definition) is 5. The van der Waals surface area contributed by atoms with Crippen LogP contribution >= 0.6 is 7.92 Å². The monoisotopic (exact) mass is 524 g/mol. The SMILES string of the molecule is C[C@@H](Nc1c(N[C@H]2c3ccccc3C[C@@H]2O)c(=O)c1=O)C1CCCC1P(c1ccccc1)c1ccccc1. The van der Waals surface area contributed by atoms with E-state index in [4.69, 9.17) is 0 Å². The predicted octanol–water partition coefficient (Wildman–Crippen LogP) is 4.45. The van der Waals surface area contributed by atoms with E-state index in [0.717, 1.165) is 30.4 Å². The van der Waals surface area contributed by atoms with Crippen LogP contribution in [0.3, 0.4) is 0 Å². The van der Waals surface area contributed by atoms with Gasteiger partial charge < -0.3 is 15.7 Å². The molecule has 0 bridgehead atoms. The summed E-state index contributed by atoms with van der Waals surface area (Å²) in [5.41, 5.74) is 2.24. The molecule has 6 heteroatoms. The summed E-state index contributed by atoms with van der Waals surface area (Å²) in [6, 6.07) is 29.1. The van der Waals surface area contributed by atoms with Gasteiger partial charge in [0.15, 0.2) is 0 Å². The summed E-state index contributed by atoms with van der Waals surface area (Å²) < 4.78 is 0. The predicted molar refractivity (Wildman–Crippen MR) is 157 cm³/mol. The molecule has 5 nitrogen and oxygen atoms in total. The Balaban J connectivity index is 1.25. The number of hydrogen-bond donors (Lipinski definition) is 3. The highest BCUT2D eigenvalue weighted by atomic mass is 31.1.